The molecule has 4 rings (SSSR count). The summed E-state index contributed by atoms with van der Waals surface area (Å²) >= 11 is 0. The Bertz CT molecular complexity index is 1190. The van der Waals surface area contributed by atoms with Gasteiger partial charge in [0.25, 0.3) is 0 Å². The molecule has 2 aromatic carbocycles. The SMILES string of the molecule is COc1ccc([C@H]2OC(=O)[C@](O)(Cc3ccc(O[C@@H]4O[C@@H](C)[C@H](O)[C@@H](OC)[C@H]4O)c(OC)c3)[C@@H]2CO)cc1OC. The Hall–Kier alpha value is -3.13. The molecule has 2 saturated heterocycles. The van der Waals surface area contributed by atoms with E-state index in [1.54, 1.807) is 43.3 Å². The summed E-state index contributed by atoms with van der Waals surface area (Å²) in [6.07, 6.45) is -6.18. The van der Waals surface area contributed by atoms with Crippen molar-refractivity contribution in [1.29, 1.82) is 0 Å². The smallest absolute Gasteiger partial charge is 0.339 e. The quantitative estimate of drug-likeness (QED) is 0.300. The summed E-state index contributed by atoms with van der Waals surface area (Å²) in [7, 11) is 5.76. The van der Waals surface area contributed by atoms with E-state index >= 15 is 0 Å². The molecule has 8 atom stereocenters. The third-order valence-corrected chi connectivity index (χ3v) is 7.50. The van der Waals surface area contributed by atoms with Gasteiger partial charge in [-0.25, -0.2) is 4.79 Å². The van der Waals surface area contributed by atoms with E-state index < -0.39 is 60.9 Å². The average molecular weight is 565 g/mol. The molecule has 2 heterocycles. The normalized spacial score (nSPS) is 31.9. The highest BCUT2D eigenvalue weighted by Crippen LogP contribution is 2.45. The van der Waals surface area contributed by atoms with Crippen LogP contribution in [0.1, 0.15) is 24.2 Å². The molecule has 2 aliphatic heterocycles. The third-order valence-electron chi connectivity index (χ3n) is 7.50. The molecule has 0 aromatic heterocycles. The zero-order chi connectivity index (χ0) is 29.2. The number of benzene rings is 2. The Morgan fingerprint density at radius 1 is 0.900 bits per heavy atom. The fourth-order valence-corrected chi connectivity index (χ4v) is 5.21. The molecule has 0 radical (unpaired) electrons. The van der Waals surface area contributed by atoms with Crippen molar-refractivity contribution in [2.75, 3.05) is 35.0 Å². The van der Waals surface area contributed by atoms with Gasteiger partial charge in [0.15, 0.2) is 28.6 Å². The first-order valence-electron chi connectivity index (χ1n) is 12.8. The van der Waals surface area contributed by atoms with Crippen molar-refractivity contribution in [3.8, 4) is 23.0 Å². The largest absolute Gasteiger partial charge is 0.493 e. The lowest BCUT2D eigenvalue weighted by Gasteiger charge is -2.40. The summed E-state index contributed by atoms with van der Waals surface area (Å²) in [6, 6.07) is 9.70. The van der Waals surface area contributed by atoms with E-state index in [0.717, 1.165) is 0 Å². The van der Waals surface area contributed by atoms with Crippen LogP contribution in [0, 0.1) is 5.92 Å². The fourth-order valence-electron chi connectivity index (χ4n) is 5.21. The van der Waals surface area contributed by atoms with Gasteiger partial charge in [-0.15, -0.1) is 0 Å². The number of methoxy groups -OCH3 is 4. The summed E-state index contributed by atoms with van der Waals surface area (Å²) in [5.41, 5.74) is -1.01. The van der Waals surface area contributed by atoms with Crippen molar-refractivity contribution in [2.45, 2.75) is 55.8 Å². The van der Waals surface area contributed by atoms with Crippen LogP contribution in [0.5, 0.6) is 23.0 Å². The maximum Gasteiger partial charge on any atom is 0.339 e. The fraction of sp³-hybridized carbons (Fsp3) is 0.536. The lowest BCUT2D eigenvalue weighted by atomic mass is 9.80. The first kappa shape index (κ1) is 29.8. The first-order valence-corrected chi connectivity index (χ1v) is 12.8. The number of rotatable bonds is 10. The molecule has 220 valence electrons. The molecule has 2 aromatic rings. The molecule has 12 nitrogen and oxygen atoms in total. The van der Waals surface area contributed by atoms with Gasteiger partial charge >= 0.3 is 5.97 Å². The maximum absolute atomic E-state index is 13.0. The molecular weight excluding hydrogens is 528 g/mol. The van der Waals surface area contributed by atoms with Gasteiger partial charge in [-0.1, -0.05) is 12.1 Å². The van der Waals surface area contributed by atoms with Gasteiger partial charge < -0.3 is 53.6 Å². The van der Waals surface area contributed by atoms with E-state index in [0.29, 0.717) is 22.6 Å². The highest BCUT2D eigenvalue weighted by molar-refractivity contribution is 5.83. The van der Waals surface area contributed by atoms with Gasteiger partial charge in [0.05, 0.1) is 40.0 Å². The Kier molecular flexibility index (Phi) is 9.08. The Labute approximate surface area is 231 Å². The Morgan fingerprint density at radius 2 is 1.55 bits per heavy atom. The van der Waals surface area contributed by atoms with E-state index in [9.17, 15) is 25.2 Å². The summed E-state index contributed by atoms with van der Waals surface area (Å²) in [4.78, 5) is 13.0. The number of hydrogen-bond acceptors (Lipinski definition) is 12. The van der Waals surface area contributed by atoms with Gasteiger partial charge in [-0.05, 0) is 42.3 Å². The highest BCUT2D eigenvalue weighted by Gasteiger charge is 2.56. The van der Waals surface area contributed by atoms with Crippen molar-refractivity contribution < 1.29 is 58.4 Å². The summed E-state index contributed by atoms with van der Waals surface area (Å²) < 4.78 is 38.3. The Morgan fingerprint density at radius 3 is 2.17 bits per heavy atom. The molecule has 0 aliphatic carbocycles. The molecule has 2 fully saturated rings. The van der Waals surface area contributed by atoms with Gasteiger partial charge in [0, 0.05) is 13.5 Å². The van der Waals surface area contributed by atoms with Crippen molar-refractivity contribution in [2.24, 2.45) is 5.92 Å². The van der Waals surface area contributed by atoms with Gasteiger partial charge in [-0.2, -0.15) is 0 Å². The number of aliphatic hydroxyl groups excluding tert-OH is 3. The van der Waals surface area contributed by atoms with E-state index in [4.69, 9.17) is 33.2 Å². The molecule has 40 heavy (non-hydrogen) atoms. The number of ether oxygens (including phenoxy) is 7. The number of hydrogen-bond donors (Lipinski definition) is 4. The van der Waals surface area contributed by atoms with Crippen LogP contribution in [0.2, 0.25) is 0 Å². The average Bonchev–Trinajstić information content (AvgIpc) is 3.20. The lowest BCUT2D eigenvalue weighted by molar-refractivity contribution is -0.273. The van der Waals surface area contributed by atoms with E-state index in [1.165, 1.54) is 28.4 Å². The van der Waals surface area contributed by atoms with Crippen LogP contribution in [-0.4, -0.2) is 97.7 Å². The summed E-state index contributed by atoms with van der Waals surface area (Å²) in [6.45, 7) is 1.11. The van der Waals surface area contributed by atoms with Crippen LogP contribution in [0.3, 0.4) is 0 Å². The molecule has 12 heteroatoms. The van der Waals surface area contributed by atoms with Gasteiger partial charge in [0.2, 0.25) is 6.29 Å². The zero-order valence-corrected chi connectivity index (χ0v) is 23.0. The van der Waals surface area contributed by atoms with Crippen LogP contribution >= 0.6 is 0 Å². The minimum Gasteiger partial charge on any atom is -0.493 e. The topological polar surface area (TPSA) is 163 Å². The second-order valence-corrected chi connectivity index (χ2v) is 9.82. The van der Waals surface area contributed by atoms with Crippen LogP contribution in [0.15, 0.2) is 36.4 Å². The number of cyclic esters (lactones) is 1. The zero-order valence-electron chi connectivity index (χ0n) is 23.0. The molecule has 0 amide bonds. The van der Waals surface area contributed by atoms with Crippen LogP contribution in [-0.2, 0) is 25.4 Å². The molecule has 0 bridgehead atoms. The minimum absolute atomic E-state index is 0.185. The van der Waals surface area contributed by atoms with E-state index in [1.807, 2.05) is 0 Å². The minimum atomic E-state index is -2.04. The number of esters is 1. The predicted octanol–water partition coefficient (Wildman–Crippen LogP) is 0.753. The number of aliphatic hydroxyl groups is 4. The number of carbonyl (C=O) groups excluding carboxylic acids is 1. The van der Waals surface area contributed by atoms with Crippen LogP contribution < -0.4 is 18.9 Å². The lowest BCUT2D eigenvalue weighted by Crippen LogP contribution is -2.59. The van der Waals surface area contributed by atoms with E-state index in [-0.39, 0.29) is 17.9 Å². The molecule has 0 spiro atoms. The predicted molar refractivity (Wildman–Crippen MR) is 138 cm³/mol. The molecule has 4 N–H and O–H groups in total. The second-order valence-electron chi connectivity index (χ2n) is 9.82. The summed E-state index contributed by atoms with van der Waals surface area (Å²) in [5.74, 6) is -0.497. The standard InChI is InChI=1S/C28H36O12/c1-14-22(30)25(37-5)23(31)26(38-14)39-19-8-6-15(10-20(19)35-3)12-28(33)17(13-29)24(40-27(28)32)16-7-9-18(34-2)21(11-16)36-4/h6-11,14,17,22-26,29-31,33H,12-13H2,1-5H3/t14-,17+,22-,23+,24+,25+,26-,28-/m0/s1. The molecule has 0 unspecified atom stereocenters. The van der Waals surface area contributed by atoms with E-state index in [2.05, 4.69) is 0 Å². The highest BCUT2D eigenvalue weighted by atomic mass is 16.7. The first-order chi connectivity index (χ1) is 19.1. The third kappa shape index (κ3) is 5.42. The van der Waals surface area contributed by atoms with Crippen LogP contribution in [0.25, 0.3) is 0 Å². The van der Waals surface area contributed by atoms with Crippen molar-refractivity contribution in [1.82, 2.24) is 0 Å². The van der Waals surface area contributed by atoms with Crippen LogP contribution in [0.4, 0.5) is 0 Å². The summed E-state index contributed by atoms with van der Waals surface area (Å²) in [5, 5.41) is 42.5. The molecule has 2 aliphatic rings. The van der Waals surface area contributed by atoms with Crippen molar-refractivity contribution >= 4 is 5.97 Å². The van der Waals surface area contributed by atoms with Crippen molar-refractivity contribution in [3.63, 3.8) is 0 Å². The maximum atomic E-state index is 13.0. The van der Waals surface area contributed by atoms with Gasteiger partial charge in [0.1, 0.15) is 24.4 Å². The second kappa shape index (κ2) is 12.2. The monoisotopic (exact) mass is 564 g/mol. The number of carbonyl (C=O) groups is 1. The van der Waals surface area contributed by atoms with Gasteiger partial charge in [-0.3, -0.25) is 0 Å². The van der Waals surface area contributed by atoms with Crippen molar-refractivity contribution in [3.05, 3.63) is 47.5 Å². The molecule has 0 saturated carbocycles. The Balaban J connectivity index is 1.56. The molecular formula is C28H36O12.